The van der Waals surface area contributed by atoms with Gasteiger partial charge in [-0.2, -0.15) is 0 Å². The maximum atomic E-state index is 12.6. The molecule has 0 radical (unpaired) electrons. The maximum absolute atomic E-state index is 12.6. The van der Waals surface area contributed by atoms with Crippen molar-refractivity contribution in [1.29, 1.82) is 0 Å². The molecule has 4 nitrogen and oxygen atoms in total. The van der Waals surface area contributed by atoms with E-state index in [4.69, 9.17) is 17.3 Å². The second kappa shape index (κ2) is 10.1. The van der Waals surface area contributed by atoms with Crippen molar-refractivity contribution >= 4 is 29.9 Å². The van der Waals surface area contributed by atoms with E-state index in [9.17, 15) is 4.79 Å². The molecule has 1 heterocycles. The van der Waals surface area contributed by atoms with Crippen LogP contribution in [-0.2, 0) is 11.3 Å². The van der Waals surface area contributed by atoms with Crippen LogP contribution >= 0.6 is 24.0 Å². The second-order valence-electron chi connectivity index (χ2n) is 6.99. The van der Waals surface area contributed by atoms with Gasteiger partial charge in [-0.05, 0) is 42.6 Å². The Morgan fingerprint density at radius 2 is 1.85 bits per heavy atom. The van der Waals surface area contributed by atoms with Crippen LogP contribution in [0, 0.1) is 5.92 Å². The van der Waals surface area contributed by atoms with Crippen LogP contribution in [0.2, 0.25) is 5.02 Å². The number of nitrogens with two attached hydrogens (primary N) is 1. The smallest absolute Gasteiger partial charge is 0.237 e. The summed E-state index contributed by atoms with van der Waals surface area (Å²) in [6, 6.07) is 17.8. The Kier molecular flexibility index (Phi) is 8.11. The molecule has 146 valence electrons. The molecule has 0 saturated carbocycles. The van der Waals surface area contributed by atoms with E-state index in [-0.39, 0.29) is 24.4 Å². The number of carbonyl (C=O) groups excluding carboxylic acids is 1. The number of hydrogen-bond donors (Lipinski definition) is 2. The van der Waals surface area contributed by atoms with Crippen molar-refractivity contribution in [2.24, 2.45) is 11.7 Å². The molecule has 1 aliphatic heterocycles. The van der Waals surface area contributed by atoms with E-state index in [2.05, 4.69) is 34.5 Å². The molecule has 27 heavy (non-hydrogen) atoms. The maximum Gasteiger partial charge on any atom is 0.237 e. The van der Waals surface area contributed by atoms with Crippen molar-refractivity contribution < 1.29 is 4.79 Å². The number of nitrogens with one attached hydrogen (secondary N) is 1. The molecule has 3 rings (SSSR count). The Bertz CT molecular complexity index is 724. The van der Waals surface area contributed by atoms with Crippen molar-refractivity contribution in [2.45, 2.75) is 25.4 Å². The first-order chi connectivity index (χ1) is 12.6. The number of carbonyl (C=O) groups is 1. The van der Waals surface area contributed by atoms with Crippen molar-refractivity contribution in [2.75, 3.05) is 19.6 Å². The molecule has 6 heteroatoms. The first-order valence-electron chi connectivity index (χ1n) is 9.09. The zero-order valence-corrected chi connectivity index (χ0v) is 17.0. The van der Waals surface area contributed by atoms with E-state index in [1.807, 2.05) is 37.3 Å². The lowest BCUT2D eigenvalue weighted by Gasteiger charge is -2.23. The minimum atomic E-state index is -0.176. The zero-order chi connectivity index (χ0) is 18.5. The number of nitrogens with zero attached hydrogens (tertiary/aromatic N) is 1. The standard InChI is InChI=1S/C21H26ClN3O.ClH/c1-15(21(26)24-12-16-7-9-19(22)10-8-16)25-13-18(11-23)20(14-25)17-5-3-2-4-6-17;/h2-10,15,18,20H,11-14,23H2,1H3,(H,24,26);1H/t15?,18-,20+;/m1./s1. The topological polar surface area (TPSA) is 58.4 Å². The summed E-state index contributed by atoms with van der Waals surface area (Å²) in [7, 11) is 0. The van der Waals surface area contributed by atoms with Gasteiger partial charge in [0.2, 0.25) is 5.91 Å². The lowest BCUT2D eigenvalue weighted by Crippen LogP contribution is -2.44. The van der Waals surface area contributed by atoms with Crippen LogP contribution in [0.25, 0.3) is 0 Å². The largest absolute Gasteiger partial charge is 0.351 e. The molecular formula is C21H27Cl2N3O. The molecule has 3 N–H and O–H groups in total. The molecule has 0 aromatic heterocycles. The summed E-state index contributed by atoms with van der Waals surface area (Å²) in [6.07, 6.45) is 0. The lowest BCUT2D eigenvalue weighted by atomic mass is 9.89. The fourth-order valence-corrected chi connectivity index (χ4v) is 3.77. The lowest BCUT2D eigenvalue weighted by molar-refractivity contribution is -0.125. The third kappa shape index (κ3) is 5.45. The third-order valence-electron chi connectivity index (χ3n) is 5.31. The Balaban J connectivity index is 0.00000261. The van der Waals surface area contributed by atoms with Crippen LogP contribution in [0.5, 0.6) is 0 Å². The Hall–Kier alpha value is -1.59. The normalized spacial score (nSPS) is 20.7. The first kappa shape index (κ1) is 21.7. The molecule has 2 aromatic rings. The second-order valence-corrected chi connectivity index (χ2v) is 7.42. The van der Waals surface area contributed by atoms with Crippen LogP contribution in [0.3, 0.4) is 0 Å². The molecule has 0 aliphatic carbocycles. The van der Waals surface area contributed by atoms with Crippen molar-refractivity contribution in [3.05, 3.63) is 70.7 Å². The van der Waals surface area contributed by atoms with Gasteiger partial charge in [-0.1, -0.05) is 54.1 Å². The third-order valence-corrected chi connectivity index (χ3v) is 5.56. The van der Waals surface area contributed by atoms with Crippen molar-refractivity contribution in [3.63, 3.8) is 0 Å². The average Bonchev–Trinajstić information content (AvgIpc) is 3.12. The number of hydrogen-bond acceptors (Lipinski definition) is 3. The first-order valence-corrected chi connectivity index (χ1v) is 9.47. The van der Waals surface area contributed by atoms with Gasteiger partial charge >= 0.3 is 0 Å². The van der Waals surface area contributed by atoms with E-state index in [0.717, 1.165) is 18.7 Å². The van der Waals surface area contributed by atoms with Gasteiger partial charge in [0, 0.05) is 30.6 Å². The average molecular weight is 408 g/mol. The summed E-state index contributed by atoms with van der Waals surface area (Å²) in [5.74, 6) is 0.807. The van der Waals surface area contributed by atoms with Crippen LogP contribution in [0.1, 0.15) is 24.0 Å². The van der Waals surface area contributed by atoms with E-state index in [1.54, 1.807) is 0 Å². The summed E-state index contributed by atoms with van der Waals surface area (Å²) in [6.45, 7) is 4.83. The molecule has 0 spiro atoms. The highest BCUT2D eigenvalue weighted by molar-refractivity contribution is 6.30. The molecular weight excluding hydrogens is 381 g/mol. The Morgan fingerprint density at radius 3 is 2.48 bits per heavy atom. The van der Waals surface area contributed by atoms with E-state index >= 15 is 0 Å². The van der Waals surface area contributed by atoms with Gasteiger partial charge in [-0.15, -0.1) is 12.4 Å². The molecule has 2 aromatic carbocycles. The highest BCUT2D eigenvalue weighted by atomic mass is 35.5. The monoisotopic (exact) mass is 407 g/mol. The van der Waals surface area contributed by atoms with Gasteiger partial charge in [0.1, 0.15) is 0 Å². The predicted octanol–water partition coefficient (Wildman–Crippen LogP) is 3.44. The highest BCUT2D eigenvalue weighted by Gasteiger charge is 2.36. The molecule has 1 amide bonds. The van der Waals surface area contributed by atoms with Gasteiger partial charge in [0.05, 0.1) is 6.04 Å². The van der Waals surface area contributed by atoms with Gasteiger partial charge in [-0.25, -0.2) is 0 Å². The summed E-state index contributed by atoms with van der Waals surface area (Å²) >= 11 is 5.90. The van der Waals surface area contributed by atoms with Crippen LogP contribution in [-0.4, -0.2) is 36.5 Å². The number of amides is 1. The quantitative estimate of drug-likeness (QED) is 0.770. The van der Waals surface area contributed by atoms with Crippen LogP contribution in [0.4, 0.5) is 0 Å². The molecule has 0 bridgehead atoms. The summed E-state index contributed by atoms with van der Waals surface area (Å²) < 4.78 is 0. The minimum Gasteiger partial charge on any atom is -0.351 e. The molecule has 1 fully saturated rings. The number of rotatable bonds is 6. The summed E-state index contributed by atoms with van der Waals surface area (Å²) in [5.41, 5.74) is 8.35. The highest BCUT2D eigenvalue weighted by Crippen LogP contribution is 2.33. The zero-order valence-electron chi connectivity index (χ0n) is 15.5. The van der Waals surface area contributed by atoms with Crippen molar-refractivity contribution in [3.8, 4) is 0 Å². The van der Waals surface area contributed by atoms with Crippen LogP contribution < -0.4 is 11.1 Å². The summed E-state index contributed by atoms with van der Waals surface area (Å²) in [5, 5.41) is 3.73. The summed E-state index contributed by atoms with van der Waals surface area (Å²) in [4.78, 5) is 14.8. The predicted molar refractivity (Wildman–Crippen MR) is 113 cm³/mol. The van der Waals surface area contributed by atoms with Crippen molar-refractivity contribution in [1.82, 2.24) is 10.2 Å². The molecule has 1 aliphatic rings. The van der Waals surface area contributed by atoms with Gasteiger partial charge in [-0.3, -0.25) is 9.69 Å². The minimum absolute atomic E-state index is 0. The fraction of sp³-hybridized carbons (Fsp3) is 0.381. The van der Waals surface area contributed by atoms with E-state index < -0.39 is 0 Å². The molecule has 3 atom stereocenters. The Labute approximate surface area is 172 Å². The number of likely N-dealkylation sites (tertiary alicyclic amines) is 1. The molecule has 1 unspecified atom stereocenters. The number of halogens is 2. The fourth-order valence-electron chi connectivity index (χ4n) is 3.64. The van der Waals surface area contributed by atoms with Gasteiger partial charge in [0.15, 0.2) is 0 Å². The SMILES string of the molecule is CC(C(=O)NCc1ccc(Cl)cc1)N1C[C@@H](CN)[C@H](c2ccccc2)C1.Cl. The number of benzene rings is 2. The van der Waals surface area contributed by atoms with E-state index in [1.165, 1.54) is 5.56 Å². The van der Waals surface area contributed by atoms with E-state index in [0.29, 0.717) is 29.9 Å². The van der Waals surface area contributed by atoms with Gasteiger partial charge < -0.3 is 11.1 Å². The molecule has 1 saturated heterocycles. The van der Waals surface area contributed by atoms with Gasteiger partial charge in [0.25, 0.3) is 0 Å². The van der Waals surface area contributed by atoms with Crippen LogP contribution in [0.15, 0.2) is 54.6 Å². The Morgan fingerprint density at radius 1 is 1.19 bits per heavy atom.